The van der Waals surface area contributed by atoms with E-state index in [-0.39, 0.29) is 5.91 Å². The van der Waals surface area contributed by atoms with Crippen LogP contribution in [0.1, 0.15) is 16.7 Å². The Morgan fingerprint density at radius 1 is 1.04 bits per heavy atom. The van der Waals surface area contributed by atoms with Crippen LogP contribution in [0.25, 0.3) is 17.2 Å². The number of amides is 1. The second-order valence-corrected chi connectivity index (χ2v) is 7.04. The van der Waals surface area contributed by atoms with Gasteiger partial charge in [-0.2, -0.15) is 0 Å². The van der Waals surface area contributed by atoms with Crippen LogP contribution in [0, 0.1) is 0 Å². The van der Waals surface area contributed by atoms with Crippen molar-refractivity contribution >= 4 is 12.0 Å². The van der Waals surface area contributed by atoms with Gasteiger partial charge in [0.1, 0.15) is 0 Å². The summed E-state index contributed by atoms with van der Waals surface area (Å²) in [4.78, 5) is 16.9. The van der Waals surface area contributed by atoms with E-state index in [1.54, 1.807) is 0 Å². The quantitative estimate of drug-likeness (QED) is 0.861. The zero-order valence-electron chi connectivity index (χ0n) is 14.7. The van der Waals surface area contributed by atoms with Crippen molar-refractivity contribution in [3.63, 3.8) is 0 Å². The van der Waals surface area contributed by atoms with E-state index in [9.17, 15) is 4.79 Å². The Labute approximate surface area is 149 Å². The van der Waals surface area contributed by atoms with E-state index in [2.05, 4.69) is 66.6 Å². The average molecular weight is 332 g/mol. The summed E-state index contributed by atoms with van der Waals surface area (Å²) in [6, 6.07) is 14.9. The minimum atomic E-state index is 0.241. The normalized spacial score (nSPS) is 16.9. The number of carbonyl (C=O) groups is 1. The molecule has 1 aliphatic heterocycles. The molecule has 2 aromatic carbocycles. The first-order valence-electron chi connectivity index (χ1n) is 9.05. The van der Waals surface area contributed by atoms with Gasteiger partial charge in [0.15, 0.2) is 0 Å². The van der Waals surface area contributed by atoms with Crippen molar-refractivity contribution in [3.8, 4) is 11.1 Å². The molecule has 0 aromatic heterocycles. The maximum atomic E-state index is 12.6. The third kappa shape index (κ3) is 3.38. The molecule has 3 heteroatoms. The highest BCUT2D eigenvalue weighted by Gasteiger charge is 2.19. The van der Waals surface area contributed by atoms with Gasteiger partial charge in [-0.3, -0.25) is 4.79 Å². The number of hydrogen-bond acceptors (Lipinski definition) is 2. The highest BCUT2D eigenvalue weighted by Crippen LogP contribution is 2.31. The van der Waals surface area contributed by atoms with Crippen molar-refractivity contribution in [3.05, 3.63) is 65.2 Å². The van der Waals surface area contributed by atoms with E-state index >= 15 is 0 Å². The van der Waals surface area contributed by atoms with Gasteiger partial charge in [0, 0.05) is 26.2 Å². The average Bonchev–Trinajstić information content (AvgIpc) is 3.11. The number of piperazine rings is 1. The number of fused-ring (bicyclic) bond motifs is 1. The Morgan fingerprint density at radius 2 is 1.84 bits per heavy atom. The van der Waals surface area contributed by atoms with Crippen LogP contribution in [-0.4, -0.2) is 48.9 Å². The zero-order valence-corrected chi connectivity index (χ0v) is 14.7. The largest absolute Gasteiger partial charge is 0.340 e. The molecule has 0 atom stereocenters. The lowest BCUT2D eigenvalue weighted by molar-refractivity contribution is -0.132. The Hall–Kier alpha value is -2.39. The van der Waals surface area contributed by atoms with E-state index in [1.807, 2.05) is 4.90 Å². The van der Waals surface area contributed by atoms with Crippen LogP contribution in [0.15, 0.2) is 48.5 Å². The van der Waals surface area contributed by atoms with Gasteiger partial charge in [0.2, 0.25) is 5.91 Å². The topological polar surface area (TPSA) is 23.6 Å². The maximum Gasteiger partial charge on any atom is 0.227 e. The fourth-order valence-corrected chi connectivity index (χ4v) is 3.75. The molecule has 1 amide bonds. The van der Waals surface area contributed by atoms with Gasteiger partial charge in [-0.25, -0.2) is 0 Å². The molecule has 0 radical (unpaired) electrons. The molecular weight excluding hydrogens is 308 g/mol. The molecule has 2 aliphatic rings. The molecule has 4 rings (SSSR count). The molecule has 1 saturated heterocycles. The highest BCUT2D eigenvalue weighted by atomic mass is 16.2. The number of rotatable bonds is 3. The first kappa shape index (κ1) is 16.1. The van der Waals surface area contributed by atoms with Crippen molar-refractivity contribution < 1.29 is 4.79 Å². The smallest absolute Gasteiger partial charge is 0.227 e. The predicted molar refractivity (Wildman–Crippen MR) is 102 cm³/mol. The fourth-order valence-electron chi connectivity index (χ4n) is 3.75. The third-order valence-electron chi connectivity index (χ3n) is 5.28. The van der Waals surface area contributed by atoms with Crippen LogP contribution >= 0.6 is 0 Å². The first-order valence-corrected chi connectivity index (χ1v) is 9.05. The van der Waals surface area contributed by atoms with Crippen LogP contribution in [-0.2, 0) is 17.6 Å². The maximum absolute atomic E-state index is 12.6. The second kappa shape index (κ2) is 6.85. The molecule has 2 aromatic rings. The molecule has 128 valence electrons. The van der Waals surface area contributed by atoms with E-state index in [1.165, 1.54) is 22.3 Å². The SMILES string of the molecule is CN1CCN(C(=O)Cc2cccc(-c3cccc4c3CC=C4)c2)CC1. The number of hydrogen-bond donors (Lipinski definition) is 0. The summed E-state index contributed by atoms with van der Waals surface area (Å²) in [6.07, 6.45) is 5.90. The van der Waals surface area contributed by atoms with Crippen LogP contribution < -0.4 is 0 Å². The van der Waals surface area contributed by atoms with Gasteiger partial charge in [-0.1, -0.05) is 54.6 Å². The van der Waals surface area contributed by atoms with Crippen molar-refractivity contribution in [2.75, 3.05) is 33.2 Å². The van der Waals surface area contributed by atoms with E-state index in [0.717, 1.165) is 38.2 Å². The Kier molecular flexibility index (Phi) is 4.41. The minimum Gasteiger partial charge on any atom is -0.340 e. The molecule has 0 unspecified atom stereocenters. The molecule has 1 heterocycles. The summed E-state index contributed by atoms with van der Waals surface area (Å²) in [7, 11) is 2.11. The van der Waals surface area contributed by atoms with Crippen molar-refractivity contribution in [2.45, 2.75) is 12.8 Å². The number of benzene rings is 2. The molecule has 3 nitrogen and oxygen atoms in total. The first-order chi connectivity index (χ1) is 12.2. The molecule has 0 N–H and O–H groups in total. The molecular formula is C22H24N2O. The Bertz CT molecular complexity index is 817. The molecule has 25 heavy (non-hydrogen) atoms. The van der Waals surface area contributed by atoms with Gasteiger partial charge < -0.3 is 9.80 Å². The van der Waals surface area contributed by atoms with Crippen molar-refractivity contribution in [1.29, 1.82) is 0 Å². The number of nitrogens with zero attached hydrogens (tertiary/aromatic N) is 2. The number of carbonyl (C=O) groups excluding carboxylic acids is 1. The van der Waals surface area contributed by atoms with Gasteiger partial charge in [-0.15, -0.1) is 0 Å². The summed E-state index contributed by atoms with van der Waals surface area (Å²) >= 11 is 0. The fraction of sp³-hybridized carbons (Fsp3) is 0.318. The summed E-state index contributed by atoms with van der Waals surface area (Å²) in [5.41, 5.74) is 6.31. The van der Waals surface area contributed by atoms with Gasteiger partial charge in [0.05, 0.1) is 6.42 Å². The molecule has 0 spiro atoms. The van der Waals surface area contributed by atoms with Gasteiger partial charge in [0.25, 0.3) is 0 Å². The summed E-state index contributed by atoms with van der Waals surface area (Å²) in [5, 5.41) is 0. The zero-order chi connectivity index (χ0) is 17.2. The summed E-state index contributed by atoms with van der Waals surface area (Å²) in [5.74, 6) is 0.241. The van der Waals surface area contributed by atoms with Crippen LogP contribution in [0.3, 0.4) is 0 Å². The molecule has 0 saturated carbocycles. The Balaban J connectivity index is 1.53. The Morgan fingerprint density at radius 3 is 2.68 bits per heavy atom. The minimum absolute atomic E-state index is 0.241. The molecule has 1 aliphatic carbocycles. The monoisotopic (exact) mass is 332 g/mol. The van der Waals surface area contributed by atoms with Gasteiger partial charge >= 0.3 is 0 Å². The lowest BCUT2D eigenvalue weighted by Gasteiger charge is -2.32. The lowest BCUT2D eigenvalue weighted by Crippen LogP contribution is -2.47. The lowest BCUT2D eigenvalue weighted by atomic mass is 9.95. The standard InChI is InChI=1S/C22H24N2O/c1-23-11-13-24(14-12-23)22(25)16-17-5-2-8-19(15-17)21-10-4-7-18-6-3-9-20(18)21/h2-8,10,15H,9,11-14,16H2,1H3. The summed E-state index contributed by atoms with van der Waals surface area (Å²) in [6.45, 7) is 3.61. The predicted octanol–water partition coefficient (Wildman–Crippen LogP) is 3.24. The molecule has 0 bridgehead atoms. The number of allylic oxidation sites excluding steroid dienone is 1. The van der Waals surface area contributed by atoms with Gasteiger partial charge in [-0.05, 0) is 41.3 Å². The van der Waals surface area contributed by atoms with E-state index in [4.69, 9.17) is 0 Å². The summed E-state index contributed by atoms with van der Waals surface area (Å²) < 4.78 is 0. The van der Waals surface area contributed by atoms with Crippen LogP contribution in [0.5, 0.6) is 0 Å². The van der Waals surface area contributed by atoms with Crippen molar-refractivity contribution in [1.82, 2.24) is 9.80 Å². The third-order valence-corrected chi connectivity index (χ3v) is 5.28. The van der Waals surface area contributed by atoms with E-state index in [0.29, 0.717) is 6.42 Å². The highest BCUT2D eigenvalue weighted by molar-refractivity contribution is 5.80. The second-order valence-electron chi connectivity index (χ2n) is 7.04. The number of likely N-dealkylation sites (N-methyl/N-ethyl adjacent to an activating group) is 1. The van der Waals surface area contributed by atoms with Crippen LogP contribution in [0.2, 0.25) is 0 Å². The molecule has 1 fully saturated rings. The van der Waals surface area contributed by atoms with Crippen LogP contribution in [0.4, 0.5) is 0 Å². The van der Waals surface area contributed by atoms with Crippen molar-refractivity contribution in [2.24, 2.45) is 0 Å². The van der Waals surface area contributed by atoms with E-state index < -0.39 is 0 Å².